The Morgan fingerprint density at radius 3 is 2.62 bits per heavy atom. The third-order valence-electron chi connectivity index (χ3n) is 3.52. The first kappa shape index (κ1) is 16.6. The van der Waals surface area contributed by atoms with Crippen LogP contribution in [-0.4, -0.2) is 38.5 Å². The molecule has 1 heterocycles. The molecule has 1 fully saturated rings. The normalized spacial score (nSPS) is 22.4. The number of carboxylic acid groups (broad SMARTS) is 1. The van der Waals surface area contributed by atoms with E-state index in [1.54, 1.807) is 18.4 Å². The Hall–Kier alpha value is -0.760. The molecule has 1 aliphatic heterocycles. The molecule has 2 rings (SSSR count). The van der Waals surface area contributed by atoms with Crippen LogP contribution in [0.25, 0.3) is 0 Å². The summed E-state index contributed by atoms with van der Waals surface area (Å²) in [6.07, 6.45) is 3.33. The van der Waals surface area contributed by atoms with E-state index in [2.05, 4.69) is 5.32 Å². The number of aliphatic carboxylic acids is 1. The Morgan fingerprint density at radius 1 is 1.48 bits per heavy atom. The lowest BCUT2D eigenvalue weighted by molar-refractivity contribution is -0.141. The molecule has 2 N–H and O–H groups in total. The Kier molecular flexibility index (Phi) is 4.87. The van der Waals surface area contributed by atoms with Crippen molar-refractivity contribution < 1.29 is 18.3 Å². The number of sulfone groups is 1. The maximum absolute atomic E-state index is 11.9. The van der Waals surface area contributed by atoms with E-state index in [0.29, 0.717) is 28.4 Å². The van der Waals surface area contributed by atoms with E-state index in [4.69, 9.17) is 16.7 Å². The van der Waals surface area contributed by atoms with Crippen LogP contribution < -0.4 is 5.32 Å². The highest BCUT2D eigenvalue weighted by Gasteiger charge is 2.31. The average Bonchev–Trinajstić information content (AvgIpc) is 2.86. The number of hydrogen-bond donors (Lipinski definition) is 2. The van der Waals surface area contributed by atoms with Crippen LogP contribution in [0.3, 0.4) is 0 Å². The molecule has 8 heteroatoms. The van der Waals surface area contributed by atoms with Gasteiger partial charge in [0.1, 0.15) is 0 Å². The summed E-state index contributed by atoms with van der Waals surface area (Å²) in [6.45, 7) is 0.371. The van der Waals surface area contributed by atoms with Crippen LogP contribution in [0.4, 0.5) is 0 Å². The number of nitrogens with one attached hydrogen (secondary N) is 1. The third kappa shape index (κ3) is 3.53. The van der Waals surface area contributed by atoms with Gasteiger partial charge >= 0.3 is 5.97 Å². The maximum Gasteiger partial charge on any atom is 0.307 e. The lowest BCUT2D eigenvalue weighted by atomic mass is 10.0. The Balaban J connectivity index is 2.43. The lowest BCUT2D eigenvalue weighted by Crippen LogP contribution is -2.17. The fraction of sp³-hybridized carbons (Fsp3) is 0.462. The Labute approximate surface area is 133 Å². The van der Waals surface area contributed by atoms with Gasteiger partial charge in [0.05, 0.1) is 15.8 Å². The predicted octanol–water partition coefficient (Wildman–Crippen LogP) is 2.20. The largest absolute Gasteiger partial charge is 0.481 e. The molecule has 116 valence electrons. The molecule has 0 bridgehead atoms. The van der Waals surface area contributed by atoms with E-state index in [0.717, 1.165) is 6.26 Å². The third-order valence-corrected chi connectivity index (χ3v) is 6.03. The van der Waals surface area contributed by atoms with Crippen molar-refractivity contribution in [2.75, 3.05) is 19.1 Å². The molecule has 5 nitrogen and oxygen atoms in total. The van der Waals surface area contributed by atoms with Gasteiger partial charge in [-0.05, 0) is 30.4 Å². The molecule has 21 heavy (non-hydrogen) atoms. The van der Waals surface area contributed by atoms with Gasteiger partial charge in [-0.2, -0.15) is 0 Å². The summed E-state index contributed by atoms with van der Waals surface area (Å²) < 4.78 is 23.8. The summed E-state index contributed by atoms with van der Waals surface area (Å²) in [4.78, 5) is 11.7. The minimum absolute atomic E-state index is 0.193. The highest BCUT2D eigenvalue weighted by atomic mass is 35.5. The number of carboxylic acids is 1. The SMILES string of the molecule is CSc1c(Cl)cc(C2CC(C(=O)O)CN2)cc1S(C)(=O)=O. The fourth-order valence-electron chi connectivity index (χ4n) is 2.44. The van der Waals surface area contributed by atoms with E-state index in [1.807, 2.05) is 0 Å². The van der Waals surface area contributed by atoms with Gasteiger partial charge in [-0.25, -0.2) is 8.42 Å². The average molecular weight is 350 g/mol. The second-order valence-electron chi connectivity index (χ2n) is 5.04. The summed E-state index contributed by atoms with van der Waals surface area (Å²) >= 11 is 7.47. The van der Waals surface area contributed by atoms with E-state index >= 15 is 0 Å². The molecule has 1 aromatic carbocycles. The number of rotatable bonds is 4. The summed E-state index contributed by atoms with van der Waals surface area (Å²) in [5.74, 6) is -1.31. The van der Waals surface area contributed by atoms with Crippen LogP contribution in [0.2, 0.25) is 5.02 Å². The molecule has 2 atom stereocenters. The Bertz CT molecular complexity index is 675. The monoisotopic (exact) mass is 349 g/mol. The summed E-state index contributed by atoms with van der Waals surface area (Å²) in [5, 5.41) is 12.5. The van der Waals surface area contributed by atoms with Crippen molar-refractivity contribution in [3.8, 4) is 0 Å². The standard InChI is InChI=1S/C13H16ClNO4S2/c1-20-12-9(14)3-7(5-11(12)21(2,18)19)10-4-8(6-15-10)13(16)17/h3,5,8,10,15H,4,6H2,1-2H3,(H,16,17). The minimum atomic E-state index is -3.40. The molecule has 1 aromatic rings. The van der Waals surface area contributed by atoms with Crippen molar-refractivity contribution in [3.63, 3.8) is 0 Å². The minimum Gasteiger partial charge on any atom is -0.481 e. The van der Waals surface area contributed by atoms with Crippen LogP contribution in [0, 0.1) is 5.92 Å². The number of hydrogen-bond acceptors (Lipinski definition) is 5. The zero-order valence-corrected chi connectivity index (χ0v) is 14.0. The second kappa shape index (κ2) is 6.16. The molecule has 0 spiro atoms. The van der Waals surface area contributed by atoms with Gasteiger partial charge in [0.15, 0.2) is 9.84 Å². The molecule has 1 saturated heterocycles. The van der Waals surface area contributed by atoms with Gasteiger partial charge in [0.25, 0.3) is 0 Å². The smallest absolute Gasteiger partial charge is 0.307 e. The van der Waals surface area contributed by atoms with E-state index in [-0.39, 0.29) is 10.9 Å². The molecule has 2 unspecified atom stereocenters. The van der Waals surface area contributed by atoms with Gasteiger partial charge in [-0.1, -0.05) is 11.6 Å². The highest BCUT2D eigenvalue weighted by Crippen LogP contribution is 2.37. The number of benzene rings is 1. The van der Waals surface area contributed by atoms with Crippen molar-refractivity contribution in [3.05, 3.63) is 22.7 Å². The summed E-state index contributed by atoms with van der Waals surface area (Å²) in [6, 6.07) is 3.11. The van der Waals surface area contributed by atoms with Crippen molar-refractivity contribution in [1.29, 1.82) is 0 Å². The molecule has 0 radical (unpaired) electrons. The van der Waals surface area contributed by atoms with Crippen LogP contribution in [0.1, 0.15) is 18.0 Å². The molecule has 1 aliphatic rings. The molecular weight excluding hydrogens is 334 g/mol. The van der Waals surface area contributed by atoms with Crippen molar-refractivity contribution in [2.45, 2.75) is 22.3 Å². The first-order valence-corrected chi connectivity index (χ1v) is 9.77. The van der Waals surface area contributed by atoms with Gasteiger partial charge in [-0.3, -0.25) is 4.79 Å². The molecule has 0 saturated carbocycles. The highest BCUT2D eigenvalue weighted by molar-refractivity contribution is 7.99. The maximum atomic E-state index is 11.9. The van der Waals surface area contributed by atoms with E-state index < -0.39 is 21.7 Å². The first-order chi connectivity index (χ1) is 9.74. The number of halogens is 1. The topological polar surface area (TPSA) is 83.5 Å². The first-order valence-electron chi connectivity index (χ1n) is 6.27. The second-order valence-corrected chi connectivity index (χ2v) is 8.25. The zero-order valence-electron chi connectivity index (χ0n) is 11.6. The van der Waals surface area contributed by atoms with Crippen LogP contribution >= 0.6 is 23.4 Å². The lowest BCUT2D eigenvalue weighted by Gasteiger charge is -2.15. The van der Waals surface area contributed by atoms with Crippen molar-refractivity contribution in [2.24, 2.45) is 5.92 Å². The van der Waals surface area contributed by atoms with Gasteiger partial charge in [0, 0.05) is 23.7 Å². The van der Waals surface area contributed by atoms with E-state index in [9.17, 15) is 13.2 Å². The summed E-state index contributed by atoms with van der Waals surface area (Å²) in [7, 11) is -3.40. The summed E-state index contributed by atoms with van der Waals surface area (Å²) in [5.41, 5.74) is 0.710. The van der Waals surface area contributed by atoms with Crippen LogP contribution in [0.5, 0.6) is 0 Å². The zero-order chi connectivity index (χ0) is 15.8. The van der Waals surface area contributed by atoms with Gasteiger partial charge in [0.2, 0.25) is 0 Å². The predicted molar refractivity (Wildman–Crippen MR) is 82.8 cm³/mol. The molecular formula is C13H16ClNO4S2. The van der Waals surface area contributed by atoms with Crippen LogP contribution in [-0.2, 0) is 14.6 Å². The number of carbonyl (C=O) groups is 1. The van der Waals surface area contributed by atoms with Crippen molar-refractivity contribution >= 4 is 39.2 Å². The molecule has 0 amide bonds. The van der Waals surface area contributed by atoms with Gasteiger partial charge in [-0.15, -0.1) is 11.8 Å². The molecule has 0 aliphatic carbocycles. The number of thioether (sulfide) groups is 1. The van der Waals surface area contributed by atoms with E-state index in [1.165, 1.54) is 11.8 Å². The van der Waals surface area contributed by atoms with Crippen LogP contribution in [0.15, 0.2) is 21.9 Å². The van der Waals surface area contributed by atoms with Gasteiger partial charge < -0.3 is 10.4 Å². The molecule has 0 aromatic heterocycles. The Morgan fingerprint density at radius 2 is 2.14 bits per heavy atom. The quantitative estimate of drug-likeness (QED) is 0.811. The van der Waals surface area contributed by atoms with Crippen molar-refractivity contribution in [1.82, 2.24) is 5.32 Å². The fourth-order valence-corrected chi connectivity index (χ4v) is 4.97.